The number of anilines is 2. The topological polar surface area (TPSA) is 74.2 Å². The summed E-state index contributed by atoms with van der Waals surface area (Å²) < 4.78 is 0. The highest BCUT2D eigenvalue weighted by Crippen LogP contribution is 2.28. The molecule has 2 fully saturated rings. The summed E-state index contributed by atoms with van der Waals surface area (Å²) in [4.78, 5) is 30.1. The van der Waals surface area contributed by atoms with Crippen LogP contribution in [0.4, 0.5) is 11.8 Å². The van der Waals surface area contributed by atoms with Crippen LogP contribution in [0.5, 0.6) is 0 Å². The van der Waals surface area contributed by atoms with E-state index in [0.29, 0.717) is 24.3 Å². The number of nitrogens with one attached hydrogen (secondary N) is 1. The number of rotatable bonds is 5. The largest absolute Gasteiger partial charge is 0.342 e. The van der Waals surface area contributed by atoms with Gasteiger partial charge in [0.1, 0.15) is 5.82 Å². The van der Waals surface area contributed by atoms with Crippen molar-refractivity contribution in [2.24, 2.45) is 5.92 Å². The second kappa shape index (κ2) is 9.31. The maximum atomic E-state index is 12.6. The van der Waals surface area contributed by atoms with E-state index < -0.39 is 0 Å². The van der Waals surface area contributed by atoms with Crippen molar-refractivity contribution in [3.8, 4) is 0 Å². The predicted molar refractivity (Wildman–Crippen MR) is 113 cm³/mol. The molecule has 0 atom stereocenters. The zero-order valence-corrected chi connectivity index (χ0v) is 17.1. The minimum Gasteiger partial charge on any atom is -0.342 e. The van der Waals surface area contributed by atoms with Crippen molar-refractivity contribution in [2.45, 2.75) is 38.5 Å². The fourth-order valence-corrected chi connectivity index (χ4v) is 4.16. The summed E-state index contributed by atoms with van der Waals surface area (Å²) in [5.41, 5.74) is 1.10. The third-order valence-corrected chi connectivity index (χ3v) is 6.08. The number of piperidine rings is 2. The zero-order chi connectivity index (χ0) is 20.1. The predicted octanol–water partition coefficient (Wildman–Crippen LogP) is 3.05. The van der Waals surface area contributed by atoms with Crippen LogP contribution in [0, 0.1) is 5.92 Å². The van der Waals surface area contributed by atoms with Gasteiger partial charge in [-0.15, -0.1) is 0 Å². The molecule has 2 aliphatic rings. The van der Waals surface area contributed by atoms with Gasteiger partial charge in [0.25, 0.3) is 0 Å². The number of aromatic nitrogens is 3. The molecule has 0 spiro atoms. The number of carbonyl (C=O) groups excluding carboxylic acids is 1. The Morgan fingerprint density at radius 1 is 1.03 bits per heavy atom. The monoisotopic (exact) mass is 394 g/mol. The first-order valence-electron chi connectivity index (χ1n) is 10.7. The van der Waals surface area contributed by atoms with Gasteiger partial charge in [-0.05, 0) is 62.9 Å². The molecule has 0 radical (unpaired) electrons. The molecule has 2 aromatic heterocycles. The Kier molecular flexibility index (Phi) is 6.34. The number of hydrogen-bond acceptors (Lipinski definition) is 6. The third kappa shape index (κ3) is 5.29. The standard InChI is InChI=1S/C22H30N6O/c1-17-6-14-28(15-7-17)21(29)16-27-12-8-18(9-13-27)19-4-2-5-20(25-19)26-22-23-10-3-11-24-22/h2-5,10-11,17-18H,6-9,12-16H2,1H3,(H,23,24,25,26). The van der Waals surface area contributed by atoms with Gasteiger partial charge in [0, 0.05) is 37.1 Å². The van der Waals surface area contributed by atoms with Crippen molar-refractivity contribution < 1.29 is 4.79 Å². The minimum absolute atomic E-state index is 0.294. The molecule has 4 heterocycles. The molecule has 7 heteroatoms. The van der Waals surface area contributed by atoms with Crippen molar-refractivity contribution in [3.05, 3.63) is 42.4 Å². The molecule has 1 amide bonds. The average Bonchev–Trinajstić information content (AvgIpc) is 2.76. The SMILES string of the molecule is CC1CCN(C(=O)CN2CCC(c3cccc(Nc4ncccn4)n3)CC2)CC1. The summed E-state index contributed by atoms with van der Waals surface area (Å²) in [6.07, 6.45) is 7.75. The Bertz CT molecular complexity index is 798. The lowest BCUT2D eigenvalue weighted by Gasteiger charge is -2.35. The lowest BCUT2D eigenvalue weighted by atomic mass is 9.93. The molecule has 0 aromatic carbocycles. The van der Waals surface area contributed by atoms with Crippen LogP contribution in [0.1, 0.15) is 44.2 Å². The van der Waals surface area contributed by atoms with Crippen molar-refractivity contribution in [3.63, 3.8) is 0 Å². The van der Waals surface area contributed by atoms with E-state index in [9.17, 15) is 4.79 Å². The van der Waals surface area contributed by atoms with E-state index in [4.69, 9.17) is 4.98 Å². The maximum Gasteiger partial charge on any atom is 0.236 e. The number of likely N-dealkylation sites (tertiary alicyclic amines) is 2. The Labute approximate surface area is 172 Å². The lowest BCUT2D eigenvalue weighted by Crippen LogP contribution is -2.45. The quantitative estimate of drug-likeness (QED) is 0.840. The number of pyridine rings is 1. The van der Waals surface area contributed by atoms with Gasteiger partial charge in [0.15, 0.2) is 0 Å². The second-order valence-electron chi connectivity index (χ2n) is 8.26. The van der Waals surface area contributed by atoms with Gasteiger partial charge in [-0.2, -0.15) is 0 Å². The van der Waals surface area contributed by atoms with E-state index in [1.165, 1.54) is 0 Å². The molecule has 1 N–H and O–H groups in total. The molecule has 2 saturated heterocycles. The highest BCUT2D eigenvalue weighted by molar-refractivity contribution is 5.78. The third-order valence-electron chi connectivity index (χ3n) is 6.08. The molecule has 0 aliphatic carbocycles. The van der Waals surface area contributed by atoms with E-state index in [1.807, 2.05) is 12.1 Å². The van der Waals surface area contributed by atoms with Gasteiger partial charge in [-0.1, -0.05) is 13.0 Å². The summed E-state index contributed by atoms with van der Waals surface area (Å²) in [7, 11) is 0. The molecule has 0 bridgehead atoms. The summed E-state index contributed by atoms with van der Waals surface area (Å²) in [5, 5.41) is 3.16. The fraction of sp³-hybridized carbons (Fsp3) is 0.545. The van der Waals surface area contributed by atoms with Crippen LogP contribution >= 0.6 is 0 Å². The number of nitrogens with zero attached hydrogens (tertiary/aromatic N) is 5. The maximum absolute atomic E-state index is 12.6. The smallest absolute Gasteiger partial charge is 0.236 e. The molecular formula is C22H30N6O. The number of amides is 1. The van der Waals surface area contributed by atoms with E-state index in [-0.39, 0.29) is 0 Å². The Hall–Kier alpha value is -2.54. The van der Waals surface area contributed by atoms with E-state index >= 15 is 0 Å². The number of carbonyl (C=O) groups is 1. The van der Waals surface area contributed by atoms with Crippen molar-refractivity contribution in [1.82, 2.24) is 24.8 Å². The summed E-state index contributed by atoms with van der Waals surface area (Å²) in [6.45, 7) is 6.57. The molecule has 2 aliphatic heterocycles. The van der Waals surface area contributed by atoms with Gasteiger partial charge >= 0.3 is 0 Å². The van der Waals surface area contributed by atoms with Crippen LogP contribution in [0.3, 0.4) is 0 Å². The molecule has 29 heavy (non-hydrogen) atoms. The molecule has 0 saturated carbocycles. The van der Waals surface area contributed by atoms with Crippen molar-refractivity contribution >= 4 is 17.7 Å². The molecule has 4 rings (SSSR count). The highest BCUT2D eigenvalue weighted by atomic mass is 16.2. The first-order chi connectivity index (χ1) is 14.2. The summed E-state index contributed by atoms with van der Waals surface area (Å²) in [6, 6.07) is 7.85. The van der Waals surface area contributed by atoms with E-state index in [2.05, 4.69) is 38.1 Å². The summed E-state index contributed by atoms with van der Waals surface area (Å²) >= 11 is 0. The Balaban J connectivity index is 1.28. The normalized spacial score (nSPS) is 19.3. The van der Waals surface area contributed by atoms with Crippen molar-refractivity contribution in [2.75, 3.05) is 38.0 Å². The van der Waals surface area contributed by atoms with Gasteiger partial charge in [0.05, 0.1) is 6.54 Å². The first-order valence-corrected chi connectivity index (χ1v) is 10.7. The second-order valence-corrected chi connectivity index (χ2v) is 8.26. The van der Waals surface area contributed by atoms with Crippen LogP contribution in [0.2, 0.25) is 0 Å². The van der Waals surface area contributed by atoms with Crippen LogP contribution in [0.15, 0.2) is 36.7 Å². The van der Waals surface area contributed by atoms with E-state index in [1.54, 1.807) is 18.5 Å². The molecular weight excluding hydrogens is 364 g/mol. The van der Waals surface area contributed by atoms with Crippen LogP contribution in [0.25, 0.3) is 0 Å². The molecule has 2 aromatic rings. The average molecular weight is 395 g/mol. The van der Waals surface area contributed by atoms with Gasteiger partial charge in [-0.25, -0.2) is 15.0 Å². The Morgan fingerprint density at radius 2 is 1.76 bits per heavy atom. The zero-order valence-electron chi connectivity index (χ0n) is 17.1. The van der Waals surface area contributed by atoms with E-state index in [0.717, 1.165) is 69.3 Å². The van der Waals surface area contributed by atoms with Crippen LogP contribution in [-0.4, -0.2) is 63.4 Å². The highest BCUT2D eigenvalue weighted by Gasteiger charge is 2.26. The van der Waals surface area contributed by atoms with Gasteiger partial charge in [-0.3, -0.25) is 9.69 Å². The summed E-state index contributed by atoms with van der Waals surface area (Å²) in [5.74, 6) is 2.79. The number of hydrogen-bond donors (Lipinski definition) is 1. The molecule has 0 unspecified atom stereocenters. The first kappa shape index (κ1) is 19.8. The lowest BCUT2D eigenvalue weighted by molar-refractivity contribution is -0.134. The van der Waals surface area contributed by atoms with Crippen LogP contribution in [-0.2, 0) is 4.79 Å². The Morgan fingerprint density at radius 3 is 2.48 bits per heavy atom. The molecule has 154 valence electrons. The fourth-order valence-electron chi connectivity index (χ4n) is 4.16. The van der Waals surface area contributed by atoms with Crippen LogP contribution < -0.4 is 5.32 Å². The minimum atomic E-state index is 0.294. The van der Waals surface area contributed by atoms with Gasteiger partial charge in [0.2, 0.25) is 11.9 Å². The molecule has 7 nitrogen and oxygen atoms in total. The van der Waals surface area contributed by atoms with Gasteiger partial charge < -0.3 is 10.2 Å². The van der Waals surface area contributed by atoms with Crippen molar-refractivity contribution in [1.29, 1.82) is 0 Å².